The third-order valence-electron chi connectivity index (χ3n) is 3.31. The maximum Gasteiger partial charge on any atom is 0.237 e. The summed E-state index contributed by atoms with van der Waals surface area (Å²) < 4.78 is 39.7. The zero-order chi connectivity index (χ0) is 17.1. The van der Waals surface area contributed by atoms with Gasteiger partial charge in [0.25, 0.3) is 0 Å². The standard InChI is InChI=1S/C17H16F3NOS/c1-9-4-5-10(2)14(8-9)23-11(3)17(22)21-13-7-6-12(18)15(19)16(13)20/h4-8,11H,1-3H3,(H,21,22). The summed E-state index contributed by atoms with van der Waals surface area (Å²) in [7, 11) is 0. The van der Waals surface area contributed by atoms with E-state index in [-0.39, 0.29) is 5.69 Å². The highest BCUT2D eigenvalue weighted by Gasteiger charge is 2.19. The van der Waals surface area contributed by atoms with Crippen molar-refractivity contribution in [1.82, 2.24) is 0 Å². The molecular formula is C17H16F3NOS. The van der Waals surface area contributed by atoms with E-state index in [1.165, 1.54) is 11.8 Å². The molecule has 0 spiro atoms. The zero-order valence-corrected chi connectivity index (χ0v) is 13.7. The summed E-state index contributed by atoms with van der Waals surface area (Å²) in [5, 5.41) is 1.77. The van der Waals surface area contributed by atoms with Crippen molar-refractivity contribution in [3.63, 3.8) is 0 Å². The molecule has 1 amide bonds. The molecule has 23 heavy (non-hydrogen) atoms. The van der Waals surface area contributed by atoms with Crippen molar-refractivity contribution in [3.05, 3.63) is 58.9 Å². The monoisotopic (exact) mass is 339 g/mol. The molecule has 122 valence electrons. The summed E-state index contributed by atoms with van der Waals surface area (Å²) in [6.45, 7) is 5.55. The fourth-order valence-electron chi connectivity index (χ4n) is 1.94. The van der Waals surface area contributed by atoms with Gasteiger partial charge in [-0.15, -0.1) is 11.8 Å². The number of anilines is 1. The number of thioether (sulfide) groups is 1. The Morgan fingerprint density at radius 1 is 1.09 bits per heavy atom. The van der Waals surface area contributed by atoms with Crippen molar-refractivity contribution in [3.8, 4) is 0 Å². The molecule has 2 aromatic rings. The van der Waals surface area contributed by atoms with E-state index in [0.717, 1.165) is 28.2 Å². The Kier molecular flexibility index (Phi) is 5.36. The summed E-state index contributed by atoms with van der Waals surface area (Å²) in [4.78, 5) is 13.1. The van der Waals surface area contributed by atoms with E-state index in [2.05, 4.69) is 5.32 Å². The molecule has 0 aromatic heterocycles. The molecule has 1 atom stereocenters. The molecule has 1 unspecified atom stereocenters. The van der Waals surface area contributed by atoms with E-state index in [0.29, 0.717) is 0 Å². The van der Waals surface area contributed by atoms with Gasteiger partial charge in [-0.05, 0) is 44.5 Å². The molecule has 2 rings (SSSR count). The van der Waals surface area contributed by atoms with Gasteiger partial charge in [-0.3, -0.25) is 4.79 Å². The predicted octanol–water partition coefficient (Wildman–Crippen LogP) is 4.84. The van der Waals surface area contributed by atoms with Crippen LogP contribution in [0.3, 0.4) is 0 Å². The Balaban J connectivity index is 2.12. The Morgan fingerprint density at radius 3 is 2.48 bits per heavy atom. The van der Waals surface area contributed by atoms with E-state index >= 15 is 0 Å². The smallest absolute Gasteiger partial charge is 0.237 e. The molecule has 2 nitrogen and oxygen atoms in total. The second-order valence-electron chi connectivity index (χ2n) is 5.24. The van der Waals surface area contributed by atoms with Crippen LogP contribution in [0.2, 0.25) is 0 Å². The van der Waals surface area contributed by atoms with Gasteiger partial charge in [0.05, 0.1) is 10.9 Å². The summed E-state index contributed by atoms with van der Waals surface area (Å²) in [5.41, 5.74) is 1.72. The minimum absolute atomic E-state index is 0.373. The molecule has 0 aliphatic rings. The lowest BCUT2D eigenvalue weighted by atomic mass is 10.2. The largest absolute Gasteiger partial charge is 0.323 e. The van der Waals surface area contributed by atoms with Crippen LogP contribution in [0.25, 0.3) is 0 Å². The lowest BCUT2D eigenvalue weighted by Crippen LogP contribution is -2.23. The number of aryl methyl sites for hydroxylation is 2. The molecule has 0 radical (unpaired) electrons. The van der Waals surface area contributed by atoms with Gasteiger partial charge in [-0.2, -0.15) is 0 Å². The number of hydrogen-bond donors (Lipinski definition) is 1. The first-order valence-corrected chi connectivity index (χ1v) is 7.86. The maximum absolute atomic E-state index is 13.6. The lowest BCUT2D eigenvalue weighted by molar-refractivity contribution is -0.115. The first-order valence-electron chi connectivity index (χ1n) is 6.98. The maximum atomic E-state index is 13.6. The number of carbonyl (C=O) groups is 1. The topological polar surface area (TPSA) is 29.1 Å². The minimum atomic E-state index is -1.60. The van der Waals surface area contributed by atoms with E-state index < -0.39 is 28.6 Å². The van der Waals surface area contributed by atoms with Gasteiger partial charge in [-0.25, -0.2) is 13.2 Å². The predicted molar refractivity (Wildman–Crippen MR) is 86.2 cm³/mol. The third-order valence-corrected chi connectivity index (χ3v) is 4.57. The second-order valence-corrected chi connectivity index (χ2v) is 6.62. The van der Waals surface area contributed by atoms with Gasteiger partial charge in [0, 0.05) is 4.90 Å². The van der Waals surface area contributed by atoms with Gasteiger partial charge >= 0.3 is 0 Å². The van der Waals surface area contributed by atoms with Crippen LogP contribution >= 0.6 is 11.8 Å². The first-order chi connectivity index (χ1) is 10.8. The van der Waals surface area contributed by atoms with Crippen LogP contribution in [0.4, 0.5) is 18.9 Å². The highest BCUT2D eigenvalue weighted by Crippen LogP contribution is 2.28. The number of carbonyl (C=O) groups excluding carboxylic acids is 1. The van der Waals surface area contributed by atoms with E-state index in [9.17, 15) is 18.0 Å². The molecule has 0 bridgehead atoms. The Labute approximate surface area is 137 Å². The number of benzene rings is 2. The molecule has 0 fully saturated rings. The average Bonchev–Trinajstić information content (AvgIpc) is 2.51. The van der Waals surface area contributed by atoms with E-state index in [1.54, 1.807) is 6.92 Å². The lowest BCUT2D eigenvalue weighted by Gasteiger charge is -2.14. The second kappa shape index (κ2) is 7.08. The van der Waals surface area contributed by atoms with Crippen LogP contribution in [0, 0.1) is 31.3 Å². The van der Waals surface area contributed by atoms with Crippen molar-refractivity contribution in [1.29, 1.82) is 0 Å². The Morgan fingerprint density at radius 2 is 1.78 bits per heavy atom. The normalized spacial score (nSPS) is 12.1. The highest BCUT2D eigenvalue weighted by molar-refractivity contribution is 8.00. The van der Waals surface area contributed by atoms with E-state index in [4.69, 9.17) is 0 Å². The SMILES string of the molecule is Cc1ccc(C)c(SC(C)C(=O)Nc2ccc(F)c(F)c2F)c1. The molecule has 0 heterocycles. The van der Waals surface area contributed by atoms with E-state index in [1.807, 2.05) is 32.0 Å². The number of halogens is 3. The van der Waals surface area contributed by atoms with Crippen LogP contribution in [-0.4, -0.2) is 11.2 Å². The molecule has 2 aromatic carbocycles. The van der Waals surface area contributed by atoms with Crippen LogP contribution < -0.4 is 5.32 Å². The third kappa shape index (κ3) is 4.07. The van der Waals surface area contributed by atoms with Crippen LogP contribution in [0.15, 0.2) is 35.2 Å². The van der Waals surface area contributed by atoms with Gasteiger partial charge in [0.1, 0.15) is 0 Å². The van der Waals surface area contributed by atoms with Crippen LogP contribution in [-0.2, 0) is 4.79 Å². The Bertz CT molecular complexity index is 749. The number of nitrogens with one attached hydrogen (secondary N) is 1. The van der Waals surface area contributed by atoms with Gasteiger partial charge in [-0.1, -0.05) is 17.7 Å². The zero-order valence-electron chi connectivity index (χ0n) is 12.9. The molecule has 0 aliphatic carbocycles. The summed E-state index contributed by atoms with van der Waals surface area (Å²) in [6.07, 6.45) is 0. The average molecular weight is 339 g/mol. The summed E-state index contributed by atoms with van der Waals surface area (Å²) >= 11 is 1.32. The molecule has 0 saturated carbocycles. The number of hydrogen-bond acceptors (Lipinski definition) is 2. The molecule has 1 N–H and O–H groups in total. The van der Waals surface area contributed by atoms with Crippen molar-refractivity contribution in [2.45, 2.75) is 30.9 Å². The number of amides is 1. The van der Waals surface area contributed by atoms with Crippen molar-refractivity contribution < 1.29 is 18.0 Å². The van der Waals surface area contributed by atoms with Crippen molar-refractivity contribution >= 4 is 23.4 Å². The Hall–Kier alpha value is -1.95. The fourth-order valence-corrected chi connectivity index (χ4v) is 2.99. The van der Waals surface area contributed by atoms with Crippen molar-refractivity contribution in [2.24, 2.45) is 0 Å². The van der Waals surface area contributed by atoms with Gasteiger partial charge < -0.3 is 5.32 Å². The molecule has 0 aliphatic heterocycles. The number of rotatable bonds is 4. The summed E-state index contributed by atoms with van der Waals surface area (Å²) in [5.74, 6) is -4.78. The molecular weight excluding hydrogens is 323 g/mol. The fraction of sp³-hybridized carbons (Fsp3) is 0.235. The first kappa shape index (κ1) is 17.4. The molecule has 0 saturated heterocycles. The molecule has 6 heteroatoms. The van der Waals surface area contributed by atoms with Crippen LogP contribution in [0.5, 0.6) is 0 Å². The van der Waals surface area contributed by atoms with Crippen LogP contribution in [0.1, 0.15) is 18.1 Å². The highest BCUT2D eigenvalue weighted by atomic mass is 32.2. The van der Waals surface area contributed by atoms with Gasteiger partial charge in [0.15, 0.2) is 17.5 Å². The minimum Gasteiger partial charge on any atom is -0.323 e. The summed E-state index contributed by atoms with van der Waals surface area (Å²) in [6, 6.07) is 7.66. The van der Waals surface area contributed by atoms with Crippen molar-refractivity contribution in [2.75, 3.05) is 5.32 Å². The van der Waals surface area contributed by atoms with Gasteiger partial charge in [0.2, 0.25) is 5.91 Å². The quantitative estimate of drug-likeness (QED) is 0.638.